The Morgan fingerprint density at radius 2 is 2.26 bits per heavy atom. The summed E-state index contributed by atoms with van der Waals surface area (Å²) in [6, 6.07) is 5.60. The predicted molar refractivity (Wildman–Crippen MR) is 86.0 cm³/mol. The number of hydrogen-bond acceptors (Lipinski definition) is 3. The number of nitriles is 1. The maximum absolute atomic E-state index is 12.4. The number of carbonyl (C=O) groups excluding carboxylic acids is 1. The Labute approximate surface area is 133 Å². The van der Waals surface area contributed by atoms with E-state index >= 15 is 0 Å². The topological polar surface area (TPSA) is 70.2 Å². The number of nitrogens with one attached hydrogen (secondary N) is 1. The molecule has 0 spiro atoms. The normalized spacial score (nSPS) is 20.1. The Kier molecular flexibility index (Phi) is 2.91. The van der Waals surface area contributed by atoms with E-state index in [1.54, 1.807) is 28.9 Å². The fourth-order valence-electron chi connectivity index (χ4n) is 3.00. The standard InChI is InChI=1S/C18H14N4O/c1-11-3-2-4-13-14(7-11)21-18(23)17(13)15-10-22-9-12(8-19)5-6-16(22)20-15/h2,4-7,9-11H,3H2,1H3,(H,21,23). The first-order chi connectivity index (χ1) is 11.2. The van der Waals surface area contributed by atoms with E-state index in [1.165, 1.54) is 0 Å². The van der Waals surface area contributed by atoms with Crippen molar-refractivity contribution in [3.63, 3.8) is 0 Å². The van der Waals surface area contributed by atoms with Gasteiger partial charge < -0.3 is 9.72 Å². The summed E-state index contributed by atoms with van der Waals surface area (Å²) in [7, 11) is 0. The molecule has 0 aromatic carbocycles. The minimum Gasteiger partial charge on any atom is -0.322 e. The average molecular weight is 302 g/mol. The van der Waals surface area contributed by atoms with Gasteiger partial charge in [0.15, 0.2) is 0 Å². The molecule has 2 aromatic heterocycles. The zero-order valence-corrected chi connectivity index (χ0v) is 12.6. The van der Waals surface area contributed by atoms with Crippen LogP contribution in [-0.2, 0) is 4.79 Å². The van der Waals surface area contributed by atoms with Crippen LogP contribution in [0.4, 0.5) is 0 Å². The van der Waals surface area contributed by atoms with Crippen molar-refractivity contribution in [2.24, 2.45) is 5.92 Å². The molecule has 112 valence electrons. The van der Waals surface area contributed by atoms with Gasteiger partial charge in [0.25, 0.3) is 5.91 Å². The molecular formula is C18H14N4O. The lowest BCUT2D eigenvalue weighted by Crippen LogP contribution is -2.16. The molecule has 0 saturated carbocycles. The highest BCUT2D eigenvalue weighted by Gasteiger charge is 2.29. The Balaban J connectivity index is 1.90. The molecule has 1 amide bonds. The number of fused-ring (bicyclic) bond motifs is 2. The zero-order chi connectivity index (χ0) is 16.0. The Bertz CT molecular complexity index is 969. The summed E-state index contributed by atoms with van der Waals surface area (Å²) in [5.74, 6) is 0.256. The SMILES string of the molecule is CC1C=C2NC(=O)C(c3cn4cc(C#N)ccc4n3)=C2C=CC1. The molecule has 0 saturated heterocycles. The first-order valence-electron chi connectivity index (χ1n) is 7.49. The highest BCUT2D eigenvalue weighted by Crippen LogP contribution is 2.32. The molecule has 5 nitrogen and oxygen atoms in total. The summed E-state index contributed by atoms with van der Waals surface area (Å²) in [5.41, 5.74) is 4.23. The number of hydrogen-bond donors (Lipinski definition) is 1. The molecule has 1 atom stereocenters. The van der Waals surface area contributed by atoms with Crippen LogP contribution in [-0.4, -0.2) is 15.3 Å². The molecule has 0 fully saturated rings. The lowest BCUT2D eigenvalue weighted by molar-refractivity contribution is -0.114. The summed E-state index contributed by atoms with van der Waals surface area (Å²) in [6.07, 6.45) is 10.6. The third-order valence-electron chi connectivity index (χ3n) is 4.11. The van der Waals surface area contributed by atoms with Crippen LogP contribution in [0.3, 0.4) is 0 Å². The fourth-order valence-corrected chi connectivity index (χ4v) is 3.00. The van der Waals surface area contributed by atoms with Crippen molar-refractivity contribution >= 4 is 17.1 Å². The van der Waals surface area contributed by atoms with Gasteiger partial charge in [-0.05, 0) is 24.5 Å². The molecule has 1 N–H and O–H groups in total. The van der Waals surface area contributed by atoms with Crippen molar-refractivity contribution < 1.29 is 4.79 Å². The molecule has 1 unspecified atom stereocenters. The lowest BCUT2D eigenvalue weighted by atomic mass is 10.1. The van der Waals surface area contributed by atoms with Crippen LogP contribution >= 0.6 is 0 Å². The molecule has 4 rings (SSSR count). The number of pyridine rings is 1. The highest BCUT2D eigenvalue weighted by atomic mass is 16.2. The van der Waals surface area contributed by atoms with E-state index < -0.39 is 0 Å². The zero-order valence-electron chi connectivity index (χ0n) is 12.6. The van der Waals surface area contributed by atoms with Crippen molar-refractivity contribution in [2.45, 2.75) is 13.3 Å². The van der Waals surface area contributed by atoms with Gasteiger partial charge in [0.1, 0.15) is 11.7 Å². The van der Waals surface area contributed by atoms with Gasteiger partial charge in [0.2, 0.25) is 0 Å². The third-order valence-corrected chi connectivity index (χ3v) is 4.11. The maximum Gasteiger partial charge on any atom is 0.258 e. The van der Waals surface area contributed by atoms with Crippen molar-refractivity contribution in [3.05, 3.63) is 65.3 Å². The fraction of sp³-hybridized carbons (Fsp3) is 0.167. The Morgan fingerprint density at radius 3 is 3.09 bits per heavy atom. The third kappa shape index (κ3) is 2.16. The number of carbonyl (C=O) groups is 1. The lowest BCUT2D eigenvalue weighted by Gasteiger charge is -2.02. The molecule has 0 bridgehead atoms. The molecule has 23 heavy (non-hydrogen) atoms. The summed E-state index contributed by atoms with van der Waals surface area (Å²) in [4.78, 5) is 16.9. The van der Waals surface area contributed by atoms with Gasteiger partial charge in [-0.15, -0.1) is 0 Å². The molecule has 3 heterocycles. The van der Waals surface area contributed by atoms with Crippen molar-refractivity contribution in [3.8, 4) is 6.07 Å². The first-order valence-corrected chi connectivity index (χ1v) is 7.49. The number of rotatable bonds is 1. The second kappa shape index (κ2) is 4.96. The summed E-state index contributed by atoms with van der Waals surface area (Å²) in [6.45, 7) is 2.12. The van der Waals surface area contributed by atoms with E-state index in [9.17, 15) is 4.79 Å². The van der Waals surface area contributed by atoms with E-state index in [4.69, 9.17) is 5.26 Å². The quantitative estimate of drug-likeness (QED) is 0.880. The van der Waals surface area contributed by atoms with Gasteiger partial charge in [-0.1, -0.05) is 25.2 Å². The van der Waals surface area contributed by atoms with E-state index in [0.717, 1.165) is 17.7 Å². The molecular weight excluding hydrogens is 288 g/mol. The van der Waals surface area contributed by atoms with E-state index in [0.29, 0.717) is 28.4 Å². The summed E-state index contributed by atoms with van der Waals surface area (Å²) >= 11 is 0. The number of amides is 1. The van der Waals surface area contributed by atoms with E-state index in [-0.39, 0.29) is 5.91 Å². The number of aromatic nitrogens is 2. The molecule has 5 heteroatoms. The highest BCUT2D eigenvalue weighted by molar-refractivity contribution is 6.25. The number of nitrogens with zero attached hydrogens (tertiary/aromatic N) is 3. The van der Waals surface area contributed by atoms with Gasteiger partial charge in [-0.25, -0.2) is 4.98 Å². The second-order valence-corrected chi connectivity index (χ2v) is 5.86. The van der Waals surface area contributed by atoms with Crippen LogP contribution in [0.5, 0.6) is 0 Å². The largest absolute Gasteiger partial charge is 0.322 e. The Hall–Kier alpha value is -3.13. The van der Waals surface area contributed by atoms with Crippen molar-refractivity contribution in [2.75, 3.05) is 0 Å². The number of allylic oxidation sites excluding steroid dienone is 3. The minimum atomic E-state index is -0.131. The minimum absolute atomic E-state index is 0.131. The van der Waals surface area contributed by atoms with Gasteiger partial charge in [-0.2, -0.15) is 5.26 Å². The summed E-state index contributed by atoms with van der Waals surface area (Å²) < 4.78 is 1.78. The van der Waals surface area contributed by atoms with Gasteiger partial charge in [0.05, 0.1) is 16.8 Å². The molecule has 2 aliphatic rings. The van der Waals surface area contributed by atoms with E-state index in [2.05, 4.69) is 35.4 Å². The van der Waals surface area contributed by atoms with Crippen LogP contribution in [0.15, 0.2) is 54.0 Å². The molecule has 1 aliphatic carbocycles. The average Bonchev–Trinajstić information content (AvgIpc) is 3.01. The van der Waals surface area contributed by atoms with Crippen LogP contribution in [0.25, 0.3) is 11.2 Å². The number of imidazole rings is 1. The maximum atomic E-state index is 12.4. The second-order valence-electron chi connectivity index (χ2n) is 5.86. The monoisotopic (exact) mass is 302 g/mol. The molecule has 0 radical (unpaired) electrons. The van der Waals surface area contributed by atoms with Gasteiger partial charge in [-0.3, -0.25) is 4.79 Å². The van der Waals surface area contributed by atoms with Crippen LogP contribution in [0.2, 0.25) is 0 Å². The van der Waals surface area contributed by atoms with Gasteiger partial charge in [0, 0.05) is 23.7 Å². The smallest absolute Gasteiger partial charge is 0.258 e. The van der Waals surface area contributed by atoms with Gasteiger partial charge >= 0.3 is 0 Å². The first kappa shape index (κ1) is 13.5. The predicted octanol–water partition coefficient (Wildman–Crippen LogP) is 2.57. The molecule has 1 aliphatic heterocycles. The summed E-state index contributed by atoms with van der Waals surface area (Å²) in [5, 5.41) is 11.9. The van der Waals surface area contributed by atoms with Crippen molar-refractivity contribution in [1.82, 2.24) is 14.7 Å². The van der Waals surface area contributed by atoms with Crippen LogP contribution in [0, 0.1) is 17.2 Å². The Morgan fingerprint density at radius 1 is 1.39 bits per heavy atom. The van der Waals surface area contributed by atoms with Crippen LogP contribution in [0.1, 0.15) is 24.6 Å². The van der Waals surface area contributed by atoms with E-state index in [1.807, 2.05) is 6.08 Å². The molecule has 2 aromatic rings. The van der Waals surface area contributed by atoms with Crippen molar-refractivity contribution in [1.29, 1.82) is 5.26 Å². The van der Waals surface area contributed by atoms with Crippen LogP contribution < -0.4 is 5.32 Å².